The van der Waals surface area contributed by atoms with Crippen molar-refractivity contribution in [3.63, 3.8) is 0 Å². The first-order chi connectivity index (χ1) is 8.90. The van der Waals surface area contributed by atoms with Crippen LogP contribution in [0.3, 0.4) is 0 Å². The summed E-state index contributed by atoms with van der Waals surface area (Å²) >= 11 is 3.69. The Balaban J connectivity index is 2.20. The number of hydrogen-bond acceptors (Lipinski definition) is 3. The molecule has 0 aromatic heterocycles. The van der Waals surface area contributed by atoms with Gasteiger partial charge in [-0.05, 0) is 60.6 Å². The Morgan fingerprint density at radius 1 is 1.37 bits per heavy atom. The van der Waals surface area contributed by atoms with Gasteiger partial charge in [0.1, 0.15) is 0 Å². The average molecular weight is 326 g/mol. The third-order valence-corrected chi connectivity index (χ3v) is 4.71. The van der Waals surface area contributed by atoms with Crippen LogP contribution in [0.5, 0.6) is 0 Å². The highest BCUT2D eigenvalue weighted by Crippen LogP contribution is 2.33. The smallest absolute Gasteiger partial charge is 0.0511 e. The molecule has 2 unspecified atom stereocenters. The molecule has 1 heterocycles. The van der Waals surface area contributed by atoms with Crippen molar-refractivity contribution >= 4 is 21.6 Å². The molecule has 4 heteroatoms. The van der Waals surface area contributed by atoms with Gasteiger partial charge in [0, 0.05) is 29.6 Å². The summed E-state index contributed by atoms with van der Waals surface area (Å²) < 4.78 is 1.15. The van der Waals surface area contributed by atoms with Gasteiger partial charge < -0.3 is 15.5 Å². The lowest BCUT2D eigenvalue weighted by molar-refractivity contribution is 0.266. The van der Waals surface area contributed by atoms with Gasteiger partial charge in [0.2, 0.25) is 0 Å². The minimum Gasteiger partial charge on any atom is -0.369 e. The fourth-order valence-corrected chi connectivity index (χ4v) is 3.53. The minimum atomic E-state index is 0.0809. The Bertz CT molecular complexity index is 445. The van der Waals surface area contributed by atoms with Crippen LogP contribution in [0.4, 0.5) is 5.69 Å². The molecule has 1 aromatic carbocycles. The van der Waals surface area contributed by atoms with E-state index in [9.17, 15) is 0 Å². The lowest BCUT2D eigenvalue weighted by Gasteiger charge is -2.24. The van der Waals surface area contributed by atoms with Crippen LogP contribution in [0.25, 0.3) is 0 Å². The van der Waals surface area contributed by atoms with Gasteiger partial charge in [0.05, 0.1) is 5.69 Å². The summed E-state index contributed by atoms with van der Waals surface area (Å²) in [6, 6.07) is 7.18. The van der Waals surface area contributed by atoms with E-state index in [4.69, 9.17) is 5.73 Å². The second-order valence-corrected chi connectivity index (χ2v) is 6.77. The van der Waals surface area contributed by atoms with Crippen molar-refractivity contribution in [1.82, 2.24) is 4.90 Å². The Morgan fingerprint density at radius 2 is 2.05 bits per heavy atom. The molecule has 1 fully saturated rings. The molecule has 19 heavy (non-hydrogen) atoms. The van der Waals surface area contributed by atoms with E-state index in [0.29, 0.717) is 12.0 Å². The van der Waals surface area contributed by atoms with Crippen LogP contribution in [-0.2, 0) is 0 Å². The minimum absolute atomic E-state index is 0.0809. The fourth-order valence-electron chi connectivity index (χ4n) is 2.88. The molecule has 0 aliphatic carbocycles. The second-order valence-electron chi connectivity index (χ2n) is 5.91. The maximum atomic E-state index is 5.93. The van der Waals surface area contributed by atoms with Gasteiger partial charge in [-0.1, -0.05) is 13.0 Å². The van der Waals surface area contributed by atoms with Crippen molar-refractivity contribution in [2.24, 2.45) is 11.7 Å². The van der Waals surface area contributed by atoms with E-state index in [1.165, 1.54) is 11.3 Å². The molecular formula is C15H24BrN3. The lowest BCUT2D eigenvalue weighted by Crippen LogP contribution is -2.34. The zero-order valence-corrected chi connectivity index (χ0v) is 13.8. The molecule has 1 aliphatic heterocycles. The number of rotatable bonds is 3. The first-order valence-corrected chi connectivity index (χ1v) is 7.66. The molecule has 0 saturated carbocycles. The van der Waals surface area contributed by atoms with Crippen LogP contribution in [0.15, 0.2) is 22.7 Å². The van der Waals surface area contributed by atoms with Gasteiger partial charge in [-0.2, -0.15) is 0 Å². The molecule has 3 atom stereocenters. The van der Waals surface area contributed by atoms with Crippen LogP contribution in [-0.4, -0.2) is 38.1 Å². The lowest BCUT2D eigenvalue weighted by atomic mass is 10.1. The van der Waals surface area contributed by atoms with E-state index in [1.54, 1.807) is 0 Å². The van der Waals surface area contributed by atoms with E-state index >= 15 is 0 Å². The number of nitrogens with zero attached hydrogens (tertiary/aromatic N) is 2. The Morgan fingerprint density at radius 3 is 2.53 bits per heavy atom. The largest absolute Gasteiger partial charge is 0.369 e. The zero-order valence-electron chi connectivity index (χ0n) is 12.2. The van der Waals surface area contributed by atoms with Gasteiger partial charge >= 0.3 is 0 Å². The molecule has 0 amide bonds. The van der Waals surface area contributed by atoms with Crippen LogP contribution < -0.4 is 10.6 Å². The summed E-state index contributed by atoms with van der Waals surface area (Å²) in [4.78, 5) is 4.79. The standard InChI is InChI=1S/C15H24BrN3/c1-10-8-19(9-15(10)18(3)4)14-6-5-12(11(2)17)7-13(14)16/h5-7,10-11,15H,8-9,17H2,1-4H3/t10?,11-,15?/m0/s1. The molecule has 1 saturated heterocycles. The predicted molar refractivity (Wildman–Crippen MR) is 85.6 cm³/mol. The number of likely N-dealkylation sites (N-methyl/N-ethyl adjacent to an activating group) is 1. The number of nitrogens with two attached hydrogens (primary N) is 1. The van der Waals surface area contributed by atoms with Gasteiger partial charge in [0.25, 0.3) is 0 Å². The molecule has 2 rings (SSSR count). The number of hydrogen-bond donors (Lipinski definition) is 1. The first-order valence-electron chi connectivity index (χ1n) is 6.86. The van der Waals surface area contributed by atoms with Crippen molar-refractivity contribution in [3.05, 3.63) is 28.2 Å². The SMILES string of the molecule is CC1CN(c2ccc([C@H](C)N)cc2Br)CC1N(C)C. The fraction of sp³-hybridized carbons (Fsp3) is 0.600. The molecule has 1 aromatic rings. The third-order valence-electron chi connectivity index (χ3n) is 4.07. The van der Waals surface area contributed by atoms with Crippen molar-refractivity contribution in [3.8, 4) is 0 Å². The number of benzene rings is 1. The first kappa shape index (κ1) is 14.8. The van der Waals surface area contributed by atoms with Crippen LogP contribution in [0.1, 0.15) is 25.5 Å². The van der Waals surface area contributed by atoms with Crippen molar-refractivity contribution in [2.75, 3.05) is 32.1 Å². The summed E-state index contributed by atoms with van der Waals surface area (Å²) in [7, 11) is 4.33. The molecule has 0 bridgehead atoms. The Kier molecular flexibility index (Phi) is 4.54. The second kappa shape index (κ2) is 5.81. The molecular weight excluding hydrogens is 302 g/mol. The maximum Gasteiger partial charge on any atom is 0.0511 e. The number of halogens is 1. The topological polar surface area (TPSA) is 32.5 Å². The molecule has 106 valence electrons. The molecule has 0 radical (unpaired) electrons. The normalized spacial score (nSPS) is 25.1. The molecule has 0 spiro atoms. The van der Waals surface area contributed by atoms with E-state index in [1.807, 2.05) is 6.92 Å². The average Bonchev–Trinajstić information content (AvgIpc) is 2.71. The zero-order chi connectivity index (χ0) is 14.2. The quantitative estimate of drug-likeness (QED) is 0.927. The van der Waals surface area contributed by atoms with Crippen LogP contribution >= 0.6 is 15.9 Å². The van der Waals surface area contributed by atoms with E-state index in [2.05, 4.69) is 64.9 Å². The van der Waals surface area contributed by atoms with Crippen LogP contribution in [0.2, 0.25) is 0 Å². The van der Waals surface area contributed by atoms with Gasteiger partial charge in [-0.25, -0.2) is 0 Å². The summed E-state index contributed by atoms with van der Waals surface area (Å²) in [5.74, 6) is 0.690. The number of anilines is 1. The van der Waals surface area contributed by atoms with Crippen molar-refractivity contribution < 1.29 is 0 Å². The summed E-state index contributed by atoms with van der Waals surface area (Å²) in [5, 5.41) is 0. The summed E-state index contributed by atoms with van der Waals surface area (Å²) in [6.45, 7) is 6.54. The highest BCUT2D eigenvalue weighted by Gasteiger charge is 2.31. The van der Waals surface area contributed by atoms with Gasteiger partial charge in [-0.3, -0.25) is 0 Å². The highest BCUT2D eigenvalue weighted by molar-refractivity contribution is 9.10. The van der Waals surface area contributed by atoms with E-state index < -0.39 is 0 Å². The van der Waals surface area contributed by atoms with E-state index in [-0.39, 0.29) is 6.04 Å². The van der Waals surface area contributed by atoms with E-state index in [0.717, 1.165) is 17.6 Å². The Hall–Kier alpha value is -0.580. The van der Waals surface area contributed by atoms with Gasteiger partial charge in [-0.15, -0.1) is 0 Å². The Labute approximate surface area is 124 Å². The van der Waals surface area contributed by atoms with Gasteiger partial charge in [0.15, 0.2) is 0 Å². The molecule has 1 aliphatic rings. The predicted octanol–water partition coefficient (Wildman–Crippen LogP) is 2.86. The van der Waals surface area contributed by atoms with Crippen molar-refractivity contribution in [2.45, 2.75) is 25.9 Å². The molecule has 3 nitrogen and oxygen atoms in total. The summed E-state index contributed by atoms with van der Waals surface area (Å²) in [6.07, 6.45) is 0. The van der Waals surface area contributed by atoms with Crippen molar-refractivity contribution in [1.29, 1.82) is 0 Å². The maximum absolute atomic E-state index is 5.93. The monoisotopic (exact) mass is 325 g/mol. The highest BCUT2D eigenvalue weighted by atomic mass is 79.9. The summed E-state index contributed by atoms with van der Waals surface area (Å²) in [5.41, 5.74) is 8.38. The van der Waals surface area contributed by atoms with Crippen LogP contribution in [0, 0.1) is 5.92 Å². The third kappa shape index (κ3) is 3.12. The molecule has 2 N–H and O–H groups in total.